The van der Waals surface area contributed by atoms with Gasteiger partial charge in [-0.1, -0.05) is 6.07 Å². The van der Waals surface area contributed by atoms with E-state index in [4.69, 9.17) is 5.11 Å². The number of rotatable bonds is 5. The molecule has 0 aliphatic rings. The first kappa shape index (κ1) is 13.3. The zero-order valence-electron chi connectivity index (χ0n) is 10.1. The summed E-state index contributed by atoms with van der Waals surface area (Å²) in [6.07, 6.45) is 0. The SMILES string of the molecule is CCN(C)C(=O)CNCc1ccc(O)cc1O. The first-order valence-corrected chi connectivity index (χ1v) is 5.50. The van der Waals surface area contributed by atoms with Crippen LogP contribution in [0.1, 0.15) is 12.5 Å². The van der Waals surface area contributed by atoms with Crippen molar-refractivity contribution in [3.63, 3.8) is 0 Å². The number of amides is 1. The molecule has 0 spiro atoms. The lowest BCUT2D eigenvalue weighted by atomic mass is 10.2. The summed E-state index contributed by atoms with van der Waals surface area (Å²) < 4.78 is 0. The van der Waals surface area contributed by atoms with Crippen LogP contribution in [-0.4, -0.2) is 41.2 Å². The lowest BCUT2D eigenvalue weighted by molar-refractivity contribution is -0.128. The molecule has 0 aliphatic carbocycles. The molecule has 0 saturated carbocycles. The molecule has 1 amide bonds. The standard InChI is InChI=1S/C12H18N2O3/c1-3-14(2)12(17)8-13-7-9-4-5-10(15)6-11(9)16/h4-6,13,15-16H,3,7-8H2,1-2H3. The Bertz CT molecular complexity index is 393. The Hall–Kier alpha value is -1.75. The third kappa shape index (κ3) is 3.96. The average Bonchev–Trinajstić information content (AvgIpc) is 2.30. The molecule has 0 heterocycles. The first-order chi connectivity index (χ1) is 8.04. The van der Waals surface area contributed by atoms with Gasteiger partial charge in [-0.3, -0.25) is 4.79 Å². The Morgan fingerprint density at radius 1 is 1.41 bits per heavy atom. The minimum atomic E-state index is 0.00534. The van der Waals surface area contributed by atoms with Crippen LogP contribution in [0.5, 0.6) is 11.5 Å². The Labute approximate surface area is 101 Å². The maximum absolute atomic E-state index is 11.5. The second-order valence-electron chi connectivity index (χ2n) is 3.82. The number of hydrogen-bond acceptors (Lipinski definition) is 4. The van der Waals surface area contributed by atoms with Gasteiger partial charge in [0.1, 0.15) is 11.5 Å². The van der Waals surface area contributed by atoms with Gasteiger partial charge in [0.05, 0.1) is 6.54 Å². The van der Waals surface area contributed by atoms with E-state index in [-0.39, 0.29) is 24.0 Å². The van der Waals surface area contributed by atoms with Gasteiger partial charge in [0, 0.05) is 31.8 Å². The van der Waals surface area contributed by atoms with E-state index in [9.17, 15) is 9.90 Å². The zero-order valence-corrected chi connectivity index (χ0v) is 10.1. The molecule has 0 unspecified atom stereocenters. The average molecular weight is 238 g/mol. The number of carbonyl (C=O) groups is 1. The van der Waals surface area contributed by atoms with Crippen molar-refractivity contribution < 1.29 is 15.0 Å². The minimum Gasteiger partial charge on any atom is -0.508 e. The summed E-state index contributed by atoms with van der Waals surface area (Å²) in [5, 5.41) is 21.6. The Morgan fingerprint density at radius 2 is 2.12 bits per heavy atom. The van der Waals surface area contributed by atoms with Crippen molar-refractivity contribution in [2.75, 3.05) is 20.1 Å². The summed E-state index contributed by atoms with van der Waals surface area (Å²) in [7, 11) is 1.74. The van der Waals surface area contributed by atoms with E-state index in [1.54, 1.807) is 18.0 Å². The van der Waals surface area contributed by atoms with Crippen molar-refractivity contribution in [2.24, 2.45) is 0 Å². The molecule has 5 nitrogen and oxygen atoms in total. The van der Waals surface area contributed by atoms with Gasteiger partial charge in [0.25, 0.3) is 0 Å². The summed E-state index contributed by atoms with van der Waals surface area (Å²) in [5.74, 6) is 0.0487. The van der Waals surface area contributed by atoms with E-state index in [1.165, 1.54) is 12.1 Å². The molecule has 1 aromatic rings. The summed E-state index contributed by atoms with van der Waals surface area (Å²) in [6.45, 7) is 3.19. The van der Waals surface area contributed by atoms with Crippen LogP contribution in [0.4, 0.5) is 0 Å². The highest BCUT2D eigenvalue weighted by Gasteiger charge is 2.07. The van der Waals surface area contributed by atoms with Gasteiger partial charge in [-0.15, -0.1) is 0 Å². The summed E-state index contributed by atoms with van der Waals surface area (Å²) in [4.78, 5) is 13.1. The topological polar surface area (TPSA) is 72.8 Å². The molecular formula is C12H18N2O3. The van der Waals surface area contributed by atoms with Gasteiger partial charge in [0.15, 0.2) is 0 Å². The van der Waals surface area contributed by atoms with Crippen molar-refractivity contribution in [1.82, 2.24) is 10.2 Å². The summed E-state index contributed by atoms with van der Waals surface area (Å²) >= 11 is 0. The van der Waals surface area contributed by atoms with Gasteiger partial charge in [-0.2, -0.15) is 0 Å². The lowest BCUT2D eigenvalue weighted by Crippen LogP contribution is -2.35. The monoisotopic (exact) mass is 238 g/mol. The predicted octanol–water partition coefficient (Wildman–Crippen LogP) is 0.666. The van der Waals surface area contributed by atoms with E-state index < -0.39 is 0 Å². The minimum absolute atomic E-state index is 0.00534. The smallest absolute Gasteiger partial charge is 0.236 e. The Kier molecular flexibility index (Phi) is 4.78. The van der Waals surface area contributed by atoms with Gasteiger partial charge in [-0.25, -0.2) is 0 Å². The van der Waals surface area contributed by atoms with Crippen LogP contribution in [0.2, 0.25) is 0 Å². The second-order valence-corrected chi connectivity index (χ2v) is 3.82. The van der Waals surface area contributed by atoms with E-state index in [0.29, 0.717) is 18.7 Å². The van der Waals surface area contributed by atoms with Gasteiger partial charge in [0.2, 0.25) is 5.91 Å². The molecule has 0 aromatic heterocycles. The third-order valence-electron chi connectivity index (χ3n) is 2.56. The molecule has 0 radical (unpaired) electrons. The van der Waals surface area contributed by atoms with Crippen molar-refractivity contribution >= 4 is 5.91 Å². The molecule has 3 N–H and O–H groups in total. The highest BCUT2D eigenvalue weighted by atomic mass is 16.3. The third-order valence-corrected chi connectivity index (χ3v) is 2.56. The van der Waals surface area contributed by atoms with Crippen LogP contribution in [0.15, 0.2) is 18.2 Å². The number of phenols is 2. The molecule has 5 heteroatoms. The van der Waals surface area contributed by atoms with Gasteiger partial charge < -0.3 is 20.4 Å². The van der Waals surface area contributed by atoms with Crippen molar-refractivity contribution in [2.45, 2.75) is 13.5 Å². The molecular weight excluding hydrogens is 220 g/mol. The maximum atomic E-state index is 11.5. The fourth-order valence-corrected chi connectivity index (χ4v) is 1.32. The van der Waals surface area contributed by atoms with Crippen molar-refractivity contribution in [3.05, 3.63) is 23.8 Å². The lowest BCUT2D eigenvalue weighted by Gasteiger charge is -2.14. The number of nitrogens with one attached hydrogen (secondary N) is 1. The van der Waals surface area contributed by atoms with Crippen LogP contribution in [0, 0.1) is 0 Å². The molecule has 0 fully saturated rings. The van der Waals surface area contributed by atoms with Gasteiger partial charge in [-0.05, 0) is 13.0 Å². The van der Waals surface area contributed by atoms with Crippen LogP contribution < -0.4 is 5.32 Å². The van der Waals surface area contributed by atoms with E-state index in [1.807, 2.05) is 6.92 Å². The predicted molar refractivity (Wildman–Crippen MR) is 64.8 cm³/mol. The molecule has 1 rings (SSSR count). The summed E-state index contributed by atoms with van der Waals surface area (Å²) in [5.41, 5.74) is 0.648. The van der Waals surface area contributed by atoms with E-state index in [0.717, 1.165) is 0 Å². The van der Waals surface area contributed by atoms with E-state index >= 15 is 0 Å². The van der Waals surface area contributed by atoms with Crippen LogP contribution in [0.25, 0.3) is 0 Å². The number of hydrogen-bond donors (Lipinski definition) is 3. The molecule has 1 aromatic carbocycles. The first-order valence-electron chi connectivity index (χ1n) is 5.50. The van der Waals surface area contributed by atoms with Crippen molar-refractivity contribution in [1.29, 1.82) is 0 Å². The number of phenolic OH excluding ortho intramolecular Hbond substituents is 2. The molecule has 17 heavy (non-hydrogen) atoms. The fourth-order valence-electron chi connectivity index (χ4n) is 1.32. The second kappa shape index (κ2) is 6.10. The highest BCUT2D eigenvalue weighted by molar-refractivity contribution is 5.77. The maximum Gasteiger partial charge on any atom is 0.236 e. The van der Waals surface area contributed by atoms with Crippen molar-refractivity contribution in [3.8, 4) is 11.5 Å². The highest BCUT2D eigenvalue weighted by Crippen LogP contribution is 2.21. The fraction of sp³-hybridized carbons (Fsp3) is 0.417. The molecule has 0 saturated heterocycles. The molecule has 0 bridgehead atoms. The number of nitrogens with zero attached hydrogens (tertiary/aromatic N) is 1. The number of carbonyl (C=O) groups excluding carboxylic acids is 1. The largest absolute Gasteiger partial charge is 0.508 e. The Balaban J connectivity index is 2.43. The molecule has 0 atom stereocenters. The number of benzene rings is 1. The number of aromatic hydroxyl groups is 2. The van der Waals surface area contributed by atoms with Crippen LogP contribution in [0.3, 0.4) is 0 Å². The van der Waals surface area contributed by atoms with Crippen LogP contribution >= 0.6 is 0 Å². The van der Waals surface area contributed by atoms with Crippen LogP contribution in [-0.2, 0) is 11.3 Å². The summed E-state index contributed by atoms with van der Waals surface area (Å²) in [6, 6.07) is 4.39. The Morgan fingerprint density at radius 3 is 2.71 bits per heavy atom. The molecule has 0 aliphatic heterocycles. The number of likely N-dealkylation sites (N-methyl/N-ethyl adjacent to an activating group) is 1. The molecule has 94 valence electrons. The van der Waals surface area contributed by atoms with Gasteiger partial charge >= 0.3 is 0 Å². The van der Waals surface area contributed by atoms with E-state index in [2.05, 4.69) is 5.32 Å². The zero-order chi connectivity index (χ0) is 12.8. The quantitative estimate of drug-likeness (QED) is 0.705. The normalized spacial score (nSPS) is 10.2.